The number of sulfone groups is 1. The standard InChI is InChI=1S/C24H20Cl2N2O11S3/c25-17-7-1-13(23(30)31)9-21(17)41(36,37)27-15-3-5-16(6-4-15)28(19-11-40(34,35)12-20(19)29)42(38,39)22-10-14(24(32)33)2-8-18(22)26/h1-10,19-20,27,29H,11-12H2,(H,30,31)(H,32,33)/t19-,20+/m1/s1. The Balaban J connectivity index is 1.77. The molecule has 0 radical (unpaired) electrons. The second-order valence-corrected chi connectivity index (χ2v) is 15.5. The summed E-state index contributed by atoms with van der Waals surface area (Å²) in [6.45, 7) is 0. The SMILES string of the molecule is O=C(O)c1ccc(Cl)c(S(=O)(=O)Nc2ccc(N([C@@H]3CS(=O)(=O)C[C@@H]3O)S(=O)(=O)c3cc(C(=O)O)ccc3Cl)cc2)c1. The van der Waals surface area contributed by atoms with E-state index in [9.17, 15) is 50.2 Å². The van der Waals surface area contributed by atoms with Gasteiger partial charge in [-0.25, -0.2) is 34.8 Å². The van der Waals surface area contributed by atoms with Crippen LogP contribution in [-0.4, -0.2) is 76.2 Å². The van der Waals surface area contributed by atoms with Crippen molar-refractivity contribution < 1.29 is 50.2 Å². The summed E-state index contributed by atoms with van der Waals surface area (Å²) in [5.74, 6) is -4.35. The predicted octanol–water partition coefficient (Wildman–Crippen LogP) is 2.54. The number of nitrogens with one attached hydrogen (secondary N) is 1. The van der Waals surface area contributed by atoms with E-state index < -0.39 is 80.8 Å². The van der Waals surface area contributed by atoms with Gasteiger partial charge in [-0.3, -0.25) is 9.03 Å². The van der Waals surface area contributed by atoms with Gasteiger partial charge in [-0.1, -0.05) is 23.2 Å². The van der Waals surface area contributed by atoms with Gasteiger partial charge in [0.05, 0.1) is 50.5 Å². The number of anilines is 2. The van der Waals surface area contributed by atoms with Crippen molar-refractivity contribution in [3.05, 3.63) is 81.8 Å². The van der Waals surface area contributed by atoms with Crippen molar-refractivity contribution >= 4 is 76.4 Å². The van der Waals surface area contributed by atoms with E-state index in [2.05, 4.69) is 4.72 Å². The van der Waals surface area contributed by atoms with Gasteiger partial charge in [-0.15, -0.1) is 0 Å². The molecule has 0 aliphatic carbocycles. The summed E-state index contributed by atoms with van der Waals surface area (Å²) in [4.78, 5) is 21.6. The first kappa shape index (κ1) is 31.5. The number of carboxylic acid groups (broad SMARTS) is 2. The molecule has 1 aliphatic heterocycles. The van der Waals surface area contributed by atoms with Crippen LogP contribution in [0.2, 0.25) is 10.0 Å². The summed E-state index contributed by atoms with van der Waals surface area (Å²) in [7, 11) is -13.1. The molecule has 0 amide bonds. The van der Waals surface area contributed by atoms with Crippen LogP contribution in [0.1, 0.15) is 20.7 Å². The van der Waals surface area contributed by atoms with E-state index >= 15 is 0 Å². The van der Waals surface area contributed by atoms with Crippen LogP contribution in [0, 0.1) is 0 Å². The predicted molar refractivity (Wildman–Crippen MR) is 152 cm³/mol. The summed E-state index contributed by atoms with van der Waals surface area (Å²) in [6.07, 6.45) is -1.66. The maximum Gasteiger partial charge on any atom is 0.335 e. The average molecular weight is 680 g/mol. The number of rotatable bonds is 9. The molecule has 4 N–H and O–H groups in total. The first-order valence-corrected chi connectivity index (χ1v) is 17.0. The van der Waals surface area contributed by atoms with Crippen molar-refractivity contribution in [2.45, 2.75) is 21.9 Å². The third-order valence-corrected chi connectivity index (χ3v) is 12.0. The Labute approximate surface area is 249 Å². The number of carboxylic acids is 2. The fraction of sp³-hybridized carbons (Fsp3) is 0.167. The van der Waals surface area contributed by atoms with Crippen LogP contribution in [0.3, 0.4) is 0 Å². The quantitative estimate of drug-likeness (QED) is 0.258. The highest BCUT2D eigenvalue weighted by molar-refractivity contribution is 7.94. The van der Waals surface area contributed by atoms with Gasteiger partial charge in [0.2, 0.25) is 0 Å². The summed E-state index contributed by atoms with van der Waals surface area (Å²) in [5, 5.41) is 28.4. The molecule has 4 rings (SSSR count). The summed E-state index contributed by atoms with van der Waals surface area (Å²) < 4.78 is 81.0. The van der Waals surface area contributed by atoms with Gasteiger partial charge >= 0.3 is 11.9 Å². The van der Waals surface area contributed by atoms with Crippen molar-refractivity contribution in [3.8, 4) is 0 Å². The van der Waals surface area contributed by atoms with Crippen LogP contribution >= 0.6 is 23.2 Å². The minimum atomic E-state index is -4.81. The molecule has 224 valence electrons. The van der Waals surface area contributed by atoms with Crippen LogP contribution in [0.15, 0.2) is 70.5 Å². The van der Waals surface area contributed by atoms with E-state index in [1.807, 2.05) is 0 Å². The van der Waals surface area contributed by atoms with Crippen molar-refractivity contribution in [3.63, 3.8) is 0 Å². The monoisotopic (exact) mass is 678 g/mol. The molecule has 0 unspecified atom stereocenters. The number of hydrogen-bond donors (Lipinski definition) is 4. The number of sulfonamides is 2. The van der Waals surface area contributed by atoms with E-state index in [4.69, 9.17) is 23.2 Å². The van der Waals surface area contributed by atoms with Gasteiger partial charge in [0.25, 0.3) is 20.0 Å². The zero-order chi connectivity index (χ0) is 31.2. The van der Waals surface area contributed by atoms with Crippen LogP contribution in [-0.2, 0) is 29.9 Å². The fourth-order valence-corrected chi connectivity index (χ4v) is 9.84. The van der Waals surface area contributed by atoms with E-state index in [0.717, 1.165) is 60.7 Å². The molecule has 0 spiro atoms. The van der Waals surface area contributed by atoms with Crippen LogP contribution in [0.4, 0.5) is 11.4 Å². The maximum atomic E-state index is 13.9. The lowest BCUT2D eigenvalue weighted by atomic mass is 10.2. The highest BCUT2D eigenvalue weighted by atomic mass is 35.5. The summed E-state index contributed by atoms with van der Waals surface area (Å²) in [5.41, 5.74) is -1.08. The molecule has 0 aromatic heterocycles. The Bertz CT molecular complexity index is 1910. The van der Waals surface area contributed by atoms with E-state index in [0.29, 0.717) is 4.31 Å². The fourth-order valence-electron chi connectivity index (χ4n) is 4.21. The molecule has 1 saturated heterocycles. The number of benzene rings is 3. The van der Waals surface area contributed by atoms with E-state index in [-0.39, 0.29) is 27.0 Å². The molecular formula is C24H20Cl2N2O11S3. The Morgan fingerprint density at radius 3 is 1.79 bits per heavy atom. The first-order chi connectivity index (χ1) is 19.4. The van der Waals surface area contributed by atoms with Gasteiger partial charge in [0, 0.05) is 5.69 Å². The number of hydrogen-bond acceptors (Lipinski definition) is 9. The highest BCUT2D eigenvalue weighted by Gasteiger charge is 2.45. The Morgan fingerprint density at radius 2 is 1.31 bits per heavy atom. The highest BCUT2D eigenvalue weighted by Crippen LogP contribution is 2.35. The minimum absolute atomic E-state index is 0.113. The van der Waals surface area contributed by atoms with Crippen LogP contribution < -0.4 is 9.03 Å². The molecule has 1 heterocycles. The zero-order valence-corrected chi connectivity index (χ0v) is 24.8. The largest absolute Gasteiger partial charge is 0.478 e. The number of nitrogens with zero attached hydrogens (tertiary/aromatic N) is 1. The average Bonchev–Trinajstić information content (AvgIpc) is 3.16. The lowest BCUT2D eigenvalue weighted by Gasteiger charge is -2.32. The lowest BCUT2D eigenvalue weighted by Crippen LogP contribution is -2.47. The molecule has 3 aromatic carbocycles. The van der Waals surface area contributed by atoms with Crippen LogP contribution in [0.5, 0.6) is 0 Å². The summed E-state index contributed by atoms with van der Waals surface area (Å²) in [6, 6.07) is 8.94. The molecule has 1 fully saturated rings. The zero-order valence-electron chi connectivity index (χ0n) is 20.9. The number of aliphatic hydroxyl groups is 1. The molecule has 18 heteroatoms. The summed E-state index contributed by atoms with van der Waals surface area (Å²) >= 11 is 12.1. The number of aliphatic hydroxyl groups excluding tert-OH is 1. The van der Waals surface area contributed by atoms with Gasteiger partial charge in [-0.05, 0) is 60.7 Å². The molecule has 3 aromatic rings. The normalized spacial score (nSPS) is 18.4. The number of halogens is 2. The van der Waals surface area contributed by atoms with Crippen LogP contribution in [0.25, 0.3) is 0 Å². The maximum absolute atomic E-state index is 13.9. The van der Waals surface area contributed by atoms with Crippen molar-refractivity contribution in [1.29, 1.82) is 0 Å². The van der Waals surface area contributed by atoms with Crippen molar-refractivity contribution in [2.24, 2.45) is 0 Å². The topological polar surface area (TPSA) is 213 Å². The minimum Gasteiger partial charge on any atom is -0.478 e. The van der Waals surface area contributed by atoms with E-state index in [1.54, 1.807) is 0 Å². The second kappa shape index (κ2) is 11.3. The number of aromatic carboxylic acids is 2. The van der Waals surface area contributed by atoms with Gasteiger partial charge < -0.3 is 15.3 Å². The molecule has 13 nitrogen and oxygen atoms in total. The van der Waals surface area contributed by atoms with E-state index in [1.165, 1.54) is 0 Å². The molecule has 1 aliphatic rings. The van der Waals surface area contributed by atoms with Gasteiger partial charge in [-0.2, -0.15) is 0 Å². The number of carbonyl (C=O) groups is 2. The molecule has 2 atom stereocenters. The molecule has 42 heavy (non-hydrogen) atoms. The Kier molecular flexibility index (Phi) is 8.52. The first-order valence-electron chi connectivity index (χ1n) is 11.5. The van der Waals surface area contributed by atoms with Gasteiger partial charge in [0.1, 0.15) is 9.79 Å². The Hall–Kier alpha value is -3.41. The molecular weight excluding hydrogens is 659 g/mol. The lowest BCUT2D eigenvalue weighted by molar-refractivity contribution is 0.0685. The third kappa shape index (κ3) is 6.33. The third-order valence-electron chi connectivity index (χ3n) is 6.15. The Morgan fingerprint density at radius 1 is 0.810 bits per heavy atom. The van der Waals surface area contributed by atoms with Crippen molar-refractivity contribution in [1.82, 2.24) is 0 Å². The molecule has 0 saturated carbocycles. The van der Waals surface area contributed by atoms with Crippen molar-refractivity contribution in [2.75, 3.05) is 20.5 Å². The van der Waals surface area contributed by atoms with Gasteiger partial charge in [0.15, 0.2) is 9.84 Å². The molecule has 0 bridgehead atoms. The second-order valence-electron chi connectivity index (χ2n) is 9.07. The smallest absolute Gasteiger partial charge is 0.335 e.